The van der Waals surface area contributed by atoms with Crippen molar-refractivity contribution in [2.24, 2.45) is 0 Å². The van der Waals surface area contributed by atoms with E-state index in [0.717, 1.165) is 5.56 Å². The van der Waals surface area contributed by atoms with Crippen molar-refractivity contribution in [3.05, 3.63) is 81.5 Å². The maximum Gasteiger partial charge on any atom is 0.254 e. The Morgan fingerprint density at radius 3 is 2.77 bits per heavy atom. The number of ether oxygens (including phenoxy) is 1. The highest BCUT2D eigenvalue weighted by Gasteiger charge is 2.29. The number of nitriles is 2. The Hall–Kier alpha value is -4.61. The summed E-state index contributed by atoms with van der Waals surface area (Å²) in [7, 11) is 0. The van der Waals surface area contributed by atoms with Gasteiger partial charge in [-0.25, -0.2) is 4.85 Å². The van der Waals surface area contributed by atoms with Gasteiger partial charge in [0.1, 0.15) is 11.4 Å². The predicted molar refractivity (Wildman–Crippen MR) is 106 cm³/mol. The number of benzene rings is 2. The Bertz CT molecular complexity index is 1270. The molecule has 2 aromatic carbocycles. The lowest BCUT2D eigenvalue weighted by molar-refractivity contribution is 0.0764. The zero-order valence-corrected chi connectivity index (χ0v) is 15.9. The van der Waals surface area contributed by atoms with Gasteiger partial charge < -0.3 is 9.64 Å². The normalized spacial score (nSPS) is 12.1. The number of carbonyl (C=O) groups is 1. The molecule has 3 aromatic rings. The van der Waals surface area contributed by atoms with Crippen LogP contribution in [0.5, 0.6) is 11.5 Å². The molecule has 1 aliphatic rings. The number of aryl methyl sites for hydroxylation is 1. The molecule has 0 saturated carbocycles. The summed E-state index contributed by atoms with van der Waals surface area (Å²) in [5.74, 6) is 0.624. The molecular formula is C22H14N6O2. The number of nitrogens with zero attached hydrogens (tertiary/aromatic N) is 5. The minimum Gasteiger partial charge on any atom is -0.455 e. The molecule has 0 saturated heterocycles. The smallest absolute Gasteiger partial charge is 0.254 e. The van der Waals surface area contributed by atoms with E-state index in [2.05, 4.69) is 15.0 Å². The molecule has 0 bridgehead atoms. The SMILES string of the molecule is [C-]#[N+]c1cc(C#N)cc(Oc2c(CN3Cc4ccc(C#N)cc4C3=O)n[nH]c2C)c1. The van der Waals surface area contributed by atoms with Gasteiger partial charge in [-0.1, -0.05) is 6.07 Å². The van der Waals surface area contributed by atoms with Crippen molar-refractivity contribution < 1.29 is 9.53 Å². The molecule has 0 fully saturated rings. The van der Waals surface area contributed by atoms with Crippen LogP contribution >= 0.6 is 0 Å². The number of nitrogens with one attached hydrogen (secondary N) is 1. The summed E-state index contributed by atoms with van der Waals surface area (Å²) >= 11 is 0. The van der Waals surface area contributed by atoms with Gasteiger partial charge in [-0.15, -0.1) is 0 Å². The number of hydrogen-bond donors (Lipinski definition) is 1. The number of fused-ring (bicyclic) bond motifs is 1. The maximum absolute atomic E-state index is 12.8. The third-order valence-corrected chi connectivity index (χ3v) is 4.79. The molecule has 0 atom stereocenters. The lowest BCUT2D eigenvalue weighted by atomic mass is 10.1. The first-order valence-electron chi connectivity index (χ1n) is 8.99. The molecule has 8 heteroatoms. The molecule has 1 amide bonds. The summed E-state index contributed by atoms with van der Waals surface area (Å²) in [6.07, 6.45) is 0. The first kappa shape index (κ1) is 18.7. The predicted octanol–water partition coefficient (Wildman–Crippen LogP) is 3.96. The topological polar surface area (TPSA) is 110 Å². The van der Waals surface area contributed by atoms with E-state index in [1.165, 1.54) is 6.07 Å². The van der Waals surface area contributed by atoms with Crippen molar-refractivity contribution in [2.45, 2.75) is 20.0 Å². The summed E-state index contributed by atoms with van der Waals surface area (Å²) in [6, 6.07) is 13.7. The van der Waals surface area contributed by atoms with E-state index in [-0.39, 0.29) is 12.5 Å². The Morgan fingerprint density at radius 1 is 1.23 bits per heavy atom. The molecule has 0 spiro atoms. The lowest BCUT2D eigenvalue weighted by Gasteiger charge is -2.15. The fourth-order valence-electron chi connectivity index (χ4n) is 3.34. The Kier molecular flexibility index (Phi) is 4.64. The molecule has 0 unspecified atom stereocenters. The summed E-state index contributed by atoms with van der Waals surface area (Å²) < 4.78 is 5.96. The second kappa shape index (κ2) is 7.43. The number of aromatic nitrogens is 2. The van der Waals surface area contributed by atoms with Gasteiger partial charge in [0.05, 0.1) is 36.5 Å². The molecule has 8 nitrogen and oxygen atoms in total. The van der Waals surface area contributed by atoms with Gasteiger partial charge in [0.2, 0.25) is 0 Å². The Morgan fingerprint density at radius 2 is 2.03 bits per heavy atom. The van der Waals surface area contributed by atoms with Gasteiger partial charge in [0, 0.05) is 17.7 Å². The molecule has 1 aliphatic heterocycles. The van der Waals surface area contributed by atoms with Crippen LogP contribution in [0, 0.1) is 36.2 Å². The minimum absolute atomic E-state index is 0.171. The largest absolute Gasteiger partial charge is 0.455 e. The zero-order valence-electron chi connectivity index (χ0n) is 15.9. The Balaban J connectivity index is 1.60. The molecule has 1 N–H and O–H groups in total. The van der Waals surface area contributed by atoms with Crippen molar-refractivity contribution in [2.75, 3.05) is 0 Å². The van der Waals surface area contributed by atoms with Crippen LogP contribution < -0.4 is 4.74 Å². The van der Waals surface area contributed by atoms with Crippen LogP contribution in [0.15, 0.2) is 36.4 Å². The van der Waals surface area contributed by atoms with E-state index in [0.29, 0.717) is 51.8 Å². The third-order valence-electron chi connectivity index (χ3n) is 4.79. The van der Waals surface area contributed by atoms with Crippen LogP contribution in [-0.4, -0.2) is 21.0 Å². The van der Waals surface area contributed by atoms with Gasteiger partial charge in [-0.2, -0.15) is 15.6 Å². The highest BCUT2D eigenvalue weighted by atomic mass is 16.5. The monoisotopic (exact) mass is 394 g/mol. The van der Waals surface area contributed by atoms with Crippen LogP contribution in [-0.2, 0) is 13.1 Å². The number of amides is 1. The van der Waals surface area contributed by atoms with Gasteiger partial charge in [-0.05, 0) is 42.8 Å². The fourth-order valence-corrected chi connectivity index (χ4v) is 3.34. The fraction of sp³-hybridized carbons (Fsp3) is 0.136. The molecule has 0 radical (unpaired) electrons. The van der Waals surface area contributed by atoms with E-state index in [1.807, 2.05) is 12.1 Å². The number of carbonyl (C=O) groups excluding carboxylic acids is 1. The van der Waals surface area contributed by atoms with Crippen LogP contribution in [0.25, 0.3) is 4.85 Å². The van der Waals surface area contributed by atoms with Gasteiger partial charge in [-0.3, -0.25) is 9.89 Å². The minimum atomic E-state index is -0.171. The first-order valence-corrected chi connectivity index (χ1v) is 8.99. The molecule has 30 heavy (non-hydrogen) atoms. The van der Waals surface area contributed by atoms with Crippen LogP contribution in [0.1, 0.15) is 38.4 Å². The highest BCUT2D eigenvalue weighted by Crippen LogP contribution is 2.33. The summed E-state index contributed by atoms with van der Waals surface area (Å²) in [5, 5.41) is 25.4. The van der Waals surface area contributed by atoms with E-state index in [4.69, 9.17) is 21.8 Å². The van der Waals surface area contributed by atoms with Gasteiger partial charge in [0.25, 0.3) is 5.91 Å². The molecule has 144 valence electrons. The third kappa shape index (κ3) is 3.32. The second-order valence-corrected chi connectivity index (χ2v) is 6.81. The average molecular weight is 394 g/mol. The average Bonchev–Trinajstić information content (AvgIpc) is 3.27. The van der Waals surface area contributed by atoms with E-state index in [9.17, 15) is 4.79 Å². The number of H-pyrrole nitrogens is 1. The van der Waals surface area contributed by atoms with E-state index in [1.54, 1.807) is 42.2 Å². The van der Waals surface area contributed by atoms with E-state index < -0.39 is 0 Å². The highest BCUT2D eigenvalue weighted by molar-refractivity contribution is 5.98. The number of rotatable bonds is 4. The number of aromatic amines is 1. The summed E-state index contributed by atoms with van der Waals surface area (Å²) in [4.78, 5) is 17.8. The zero-order chi connectivity index (χ0) is 21.3. The van der Waals surface area contributed by atoms with Crippen LogP contribution in [0.4, 0.5) is 5.69 Å². The molecule has 4 rings (SSSR count). The standard InChI is InChI=1S/C22H14N6O2/c1-13-21(30-18-6-15(10-24)5-17(8-18)25-2)20(27-26-13)12-28-11-16-4-3-14(9-23)7-19(16)22(28)29/h3-8H,11-12H2,1H3,(H,26,27). The summed E-state index contributed by atoms with van der Waals surface area (Å²) in [6.45, 7) is 9.60. The van der Waals surface area contributed by atoms with Crippen LogP contribution in [0.2, 0.25) is 0 Å². The van der Waals surface area contributed by atoms with Crippen molar-refractivity contribution >= 4 is 11.6 Å². The lowest BCUT2D eigenvalue weighted by Crippen LogP contribution is -2.23. The molecule has 2 heterocycles. The molecular weight excluding hydrogens is 380 g/mol. The Labute approximate surface area is 172 Å². The summed E-state index contributed by atoms with van der Waals surface area (Å²) in [5.41, 5.74) is 3.62. The first-order chi connectivity index (χ1) is 14.5. The van der Waals surface area contributed by atoms with Gasteiger partial charge in [0.15, 0.2) is 11.4 Å². The van der Waals surface area contributed by atoms with E-state index >= 15 is 0 Å². The molecule has 1 aromatic heterocycles. The number of hydrogen-bond acceptors (Lipinski definition) is 5. The van der Waals surface area contributed by atoms with Crippen molar-refractivity contribution in [3.8, 4) is 23.6 Å². The maximum atomic E-state index is 12.8. The quantitative estimate of drug-likeness (QED) is 0.674. The van der Waals surface area contributed by atoms with Gasteiger partial charge >= 0.3 is 0 Å². The van der Waals surface area contributed by atoms with Crippen molar-refractivity contribution in [3.63, 3.8) is 0 Å². The van der Waals surface area contributed by atoms with Crippen molar-refractivity contribution in [1.82, 2.24) is 15.1 Å². The van der Waals surface area contributed by atoms with Crippen molar-refractivity contribution in [1.29, 1.82) is 10.5 Å². The van der Waals surface area contributed by atoms with Crippen LogP contribution in [0.3, 0.4) is 0 Å². The molecule has 0 aliphatic carbocycles. The second-order valence-electron chi connectivity index (χ2n) is 6.81.